The Morgan fingerprint density at radius 1 is 0.927 bits per heavy atom. The van der Waals surface area contributed by atoms with Crippen LogP contribution in [-0.2, 0) is 4.74 Å². The molecule has 0 amide bonds. The van der Waals surface area contributed by atoms with E-state index in [2.05, 4.69) is 5.28 Å². The first-order chi connectivity index (χ1) is 19.7. The fourth-order valence-corrected chi connectivity index (χ4v) is 3.66. The van der Waals surface area contributed by atoms with E-state index in [4.69, 9.17) is 19.0 Å². The highest BCUT2D eigenvalue weighted by atomic mass is 16.7. The number of hydrogen-bond donors (Lipinski definition) is 0. The van der Waals surface area contributed by atoms with E-state index >= 15 is 0 Å². The molecule has 0 saturated carbocycles. The number of nitro groups is 2. The van der Waals surface area contributed by atoms with E-state index in [1.165, 1.54) is 35.4 Å². The zero-order chi connectivity index (χ0) is 29.4. The maximum absolute atomic E-state index is 12.7. The van der Waals surface area contributed by atoms with Crippen LogP contribution in [-0.4, -0.2) is 59.0 Å². The summed E-state index contributed by atoms with van der Waals surface area (Å²) in [5, 5.41) is 40.1. The molecule has 1 heterocycles. The smallest absolute Gasteiger partial charge is 0.321 e. The molecule has 0 bridgehead atoms. The van der Waals surface area contributed by atoms with Crippen LogP contribution in [0.25, 0.3) is 6.08 Å². The molecule has 1 fully saturated rings. The largest absolute Gasteiger partial charge is 0.569 e. The Kier molecular flexibility index (Phi) is 9.01. The van der Waals surface area contributed by atoms with Gasteiger partial charge in [-0.3, -0.25) is 29.9 Å². The van der Waals surface area contributed by atoms with Gasteiger partial charge in [0.05, 0.1) is 35.1 Å². The minimum atomic E-state index is -0.917. The van der Waals surface area contributed by atoms with Crippen LogP contribution in [0.2, 0.25) is 0 Å². The number of carbonyl (C=O) groups excluding carboxylic acids is 1. The Morgan fingerprint density at radius 3 is 2.27 bits per heavy atom. The topological polar surface area (TPSA) is 182 Å². The van der Waals surface area contributed by atoms with Gasteiger partial charge in [0.2, 0.25) is 16.8 Å². The Balaban J connectivity index is 1.58. The van der Waals surface area contributed by atoms with Crippen molar-refractivity contribution in [3.63, 3.8) is 0 Å². The van der Waals surface area contributed by atoms with Crippen molar-refractivity contribution in [3.8, 4) is 23.0 Å². The van der Waals surface area contributed by atoms with E-state index in [9.17, 15) is 30.2 Å². The van der Waals surface area contributed by atoms with E-state index in [0.717, 1.165) is 11.6 Å². The summed E-state index contributed by atoms with van der Waals surface area (Å²) in [6.07, 6.45) is 2.96. The summed E-state index contributed by atoms with van der Waals surface area (Å²) in [5.74, 6) is -0.672. The van der Waals surface area contributed by atoms with Gasteiger partial charge in [-0.2, -0.15) is 0 Å². The predicted octanol–water partition coefficient (Wildman–Crippen LogP) is 4.70. The molecule has 0 atom stereocenters. The van der Waals surface area contributed by atoms with Gasteiger partial charge in [-0.25, -0.2) is 0 Å². The molecule has 0 aliphatic carbocycles. The second kappa shape index (κ2) is 13.0. The van der Waals surface area contributed by atoms with Crippen LogP contribution in [0.4, 0.5) is 11.4 Å². The lowest BCUT2D eigenvalue weighted by atomic mass is 10.1. The van der Waals surface area contributed by atoms with Crippen LogP contribution in [0.15, 0.2) is 72.0 Å². The Bertz CT molecular complexity index is 1500. The molecular formula is C26H23N5O10. The van der Waals surface area contributed by atoms with E-state index in [1.54, 1.807) is 37.5 Å². The highest BCUT2D eigenvalue weighted by Crippen LogP contribution is 2.41. The number of morpholine rings is 1. The monoisotopic (exact) mass is 565 g/mol. The predicted molar refractivity (Wildman–Crippen MR) is 142 cm³/mol. The zero-order valence-electron chi connectivity index (χ0n) is 21.6. The third-order valence-corrected chi connectivity index (χ3v) is 5.76. The molecule has 0 radical (unpaired) electrons. The highest BCUT2D eigenvalue weighted by Gasteiger charge is 2.29. The standard InChI is InChI=1S/C26H23N5O10/c1-38-20-8-5-18(6-9-20)7-10-24(32)19-3-2-4-21(15-19)40-25-17-26(23(30(35)36)16-22(25)29(33)34)41-27-31(37)28-11-13-39-14-12-28/h2-10,15-17H,11-14H2,1H3/b10-7+,31-27-. The third kappa shape index (κ3) is 7.30. The summed E-state index contributed by atoms with van der Waals surface area (Å²) < 4.78 is 15.9. The Hall–Kier alpha value is -5.57. The summed E-state index contributed by atoms with van der Waals surface area (Å²) in [7, 11) is 1.55. The van der Waals surface area contributed by atoms with Gasteiger partial charge in [-0.1, -0.05) is 30.3 Å². The molecule has 0 aromatic heterocycles. The highest BCUT2D eigenvalue weighted by molar-refractivity contribution is 6.07. The lowest BCUT2D eigenvalue weighted by Crippen LogP contribution is -2.40. The van der Waals surface area contributed by atoms with Crippen molar-refractivity contribution in [3.05, 3.63) is 103 Å². The van der Waals surface area contributed by atoms with Gasteiger partial charge in [0.1, 0.15) is 30.7 Å². The van der Waals surface area contributed by atoms with Crippen molar-refractivity contribution >= 4 is 23.2 Å². The minimum absolute atomic E-state index is 0.0345. The van der Waals surface area contributed by atoms with Gasteiger partial charge < -0.3 is 19.4 Å². The lowest BCUT2D eigenvalue weighted by Gasteiger charge is -2.21. The summed E-state index contributed by atoms with van der Waals surface area (Å²) in [5.41, 5.74) is -0.574. The van der Waals surface area contributed by atoms with Crippen molar-refractivity contribution in [2.75, 3.05) is 33.4 Å². The molecule has 1 saturated heterocycles. The van der Waals surface area contributed by atoms with Crippen LogP contribution >= 0.6 is 0 Å². The number of nitro benzene ring substituents is 2. The minimum Gasteiger partial charge on any atom is -0.569 e. The molecule has 0 unspecified atom stereocenters. The molecular weight excluding hydrogens is 542 g/mol. The number of carbonyl (C=O) groups is 1. The maximum Gasteiger partial charge on any atom is 0.321 e. The van der Waals surface area contributed by atoms with Crippen molar-refractivity contribution in [2.24, 2.45) is 5.28 Å². The van der Waals surface area contributed by atoms with Crippen molar-refractivity contribution in [2.45, 2.75) is 0 Å². The van der Waals surface area contributed by atoms with Crippen molar-refractivity contribution < 1.29 is 38.7 Å². The SMILES string of the molecule is COc1ccc(/C=C/C(=O)c2cccc(Oc3cc(O/N=[N+](\[O-])N4CCOCC4)c([N+](=O)[O-])cc3[N+](=O)[O-])c2)cc1. The number of hydrogen-bond acceptors (Lipinski definition) is 11. The van der Waals surface area contributed by atoms with Gasteiger partial charge in [-0.05, 0) is 35.9 Å². The molecule has 3 aromatic carbocycles. The van der Waals surface area contributed by atoms with Gasteiger partial charge in [-0.15, -0.1) is 5.01 Å². The fourth-order valence-electron chi connectivity index (χ4n) is 3.66. The Morgan fingerprint density at radius 2 is 1.61 bits per heavy atom. The zero-order valence-corrected chi connectivity index (χ0v) is 21.6. The maximum atomic E-state index is 12.7. The number of nitrogens with zero attached hydrogens (tertiary/aromatic N) is 5. The van der Waals surface area contributed by atoms with Gasteiger partial charge in [0.15, 0.2) is 5.78 Å². The number of methoxy groups -OCH3 is 1. The van der Waals surface area contributed by atoms with Crippen LogP contribution in [0.1, 0.15) is 15.9 Å². The summed E-state index contributed by atoms with van der Waals surface area (Å²) in [6, 6.07) is 14.4. The van der Waals surface area contributed by atoms with Gasteiger partial charge in [0, 0.05) is 11.6 Å². The summed E-state index contributed by atoms with van der Waals surface area (Å²) in [4.78, 5) is 39.4. The molecule has 15 nitrogen and oxygen atoms in total. The second-order valence-corrected chi connectivity index (χ2v) is 8.39. The second-order valence-electron chi connectivity index (χ2n) is 8.39. The average Bonchev–Trinajstić information content (AvgIpc) is 2.99. The molecule has 15 heteroatoms. The van der Waals surface area contributed by atoms with Crippen molar-refractivity contribution in [1.29, 1.82) is 0 Å². The van der Waals surface area contributed by atoms with E-state index in [-0.39, 0.29) is 48.4 Å². The number of rotatable bonds is 11. The molecule has 0 N–H and O–H groups in total. The van der Waals surface area contributed by atoms with Crippen LogP contribution in [0.5, 0.6) is 23.0 Å². The van der Waals surface area contributed by atoms with E-state index < -0.39 is 32.7 Å². The van der Waals surface area contributed by atoms with Crippen LogP contribution in [0, 0.1) is 25.4 Å². The van der Waals surface area contributed by atoms with Crippen molar-refractivity contribution in [1.82, 2.24) is 5.01 Å². The summed E-state index contributed by atoms with van der Waals surface area (Å²) >= 11 is 0. The van der Waals surface area contributed by atoms with Gasteiger partial charge >= 0.3 is 11.4 Å². The normalized spacial score (nSPS) is 13.6. The number of ketones is 1. The number of ether oxygens (including phenoxy) is 3. The molecule has 1 aliphatic rings. The first-order valence-corrected chi connectivity index (χ1v) is 12.0. The van der Waals surface area contributed by atoms with E-state index in [0.29, 0.717) is 11.8 Å². The van der Waals surface area contributed by atoms with Crippen LogP contribution < -0.4 is 14.3 Å². The number of allylic oxidation sites excluding steroid dienone is 1. The lowest BCUT2D eigenvalue weighted by molar-refractivity contribution is -0.710. The van der Waals surface area contributed by atoms with Crippen LogP contribution in [0.3, 0.4) is 0 Å². The van der Waals surface area contributed by atoms with E-state index in [1.807, 2.05) is 0 Å². The third-order valence-electron chi connectivity index (χ3n) is 5.76. The Labute approximate surface area is 232 Å². The first kappa shape index (κ1) is 28.4. The molecule has 1 aliphatic heterocycles. The summed E-state index contributed by atoms with van der Waals surface area (Å²) in [6.45, 7) is 1.00. The average molecular weight is 565 g/mol. The molecule has 4 rings (SSSR count). The quantitative estimate of drug-likeness (QED) is 0.0784. The molecule has 0 spiro atoms. The number of hydrazine groups is 1. The molecule has 212 valence electrons. The number of benzene rings is 3. The molecule has 3 aromatic rings. The van der Waals surface area contributed by atoms with Gasteiger partial charge in [0.25, 0.3) is 0 Å². The first-order valence-electron chi connectivity index (χ1n) is 12.0. The molecule has 41 heavy (non-hydrogen) atoms. The fraction of sp³-hybridized carbons (Fsp3) is 0.192.